The first-order valence-electron chi connectivity index (χ1n) is 7.12. The summed E-state index contributed by atoms with van der Waals surface area (Å²) in [6.45, 7) is 0.582. The van der Waals surface area contributed by atoms with E-state index in [1.807, 2.05) is 18.2 Å². The van der Waals surface area contributed by atoms with Crippen molar-refractivity contribution in [2.75, 3.05) is 22.6 Å². The summed E-state index contributed by atoms with van der Waals surface area (Å²) >= 11 is 9.65. The van der Waals surface area contributed by atoms with Crippen LogP contribution in [0.2, 0.25) is 0 Å². The van der Waals surface area contributed by atoms with Crippen molar-refractivity contribution in [3.8, 4) is 23.6 Å². The first-order chi connectivity index (χ1) is 12.1. The predicted molar refractivity (Wildman–Crippen MR) is 111 cm³/mol. The molecular weight excluding hydrogens is 516 g/mol. The third kappa shape index (κ3) is 10.8. The molecule has 0 radical (unpaired) electrons. The van der Waals surface area contributed by atoms with Crippen LogP contribution in [0.15, 0.2) is 48.5 Å². The van der Waals surface area contributed by atoms with E-state index in [9.17, 15) is 0 Å². The van der Waals surface area contributed by atoms with Crippen LogP contribution in [0, 0.1) is 22.7 Å². The average molecular weight is 533 g/mol. The fourth-order valence-corrected chi connectivity index (χ4v) is 1.56. The van der Waals surface area contributed by atoms with Gasteiger partial charge < -0.3 is 9.84 Å². The zero-order chi connectivity index (χ0) is 18.9. The number of halogens is 3. The van der Waals surface area contributed by atoms with Crippen molar-refractivity contribution in [3.63, 3.8) is 0 Å². The molecule has 0 aliphatic carbocycles. The Morgan fingerprint density at radius 1 is 0.800 bits per heavy atom. The summed E-state index contributed by atoms with van der Waals surface area (Å²) in [4.78, 5) is 0. The van der Waals surface area contributed by atoms with E-state index in [-0.39, 0.29) is 5.75 Å². The molecule has 7 heteroatoms. The van der Waals surface area contributed by atoms with Crippen LogP contribution in [0.25, 0.3) is 0 Å². The predicted octanol–water partition coefficient (Wildman–Crippen LogP) is 5.37. The fourth-order valence-electron chi connectivity index (χ4n) is 1.40. The standard InChI is InChI=1S/C9H8BrNO.C7H5NO.C2H4Br2/c10-5-6-12-9-4-2-1-3-8(9)7-11;8-5-6-3-1-2-4-7(6)9;3-1-2-4/h1-4H,5-6H2;1-4,9H;1-2H2. The zero-order valence-electron chi connectivity index (χ0n) is 13.3. The van der Waals surface area contributed by atoms with Gasteiger partial charge in [-0.15, -0.1) is 0 Å². The van der Waals surface area contributed by atoms with Crippen LogP contribution in [0.1, 0.15) is 11.1 Å². The number of benzene rings is 2. The van der Waals surface area contributed by atoms with Crippen LogP contribution in [0.3, 0.4) is 0 Å². The van der Waals surface area contributed by atoms with Crippen molar-refractivity contribution >= 4 is 47.8 Å². The minimum atomic E-state index is 0.0417. The molecule has 0 saturated carbocycles. The summed E-state index contributed by atoms with van der Waals surface area (Å²) in [5.41, 5.74) is 0.899. The Labute approximate surface area is 173 Å². The second-order valence-electron chi connectivity index (χ2n) is 4.15. The third-order valence-electron chi connectivity index (χ3n) is 2.44. The molecule has 0 aliphatic heterocycles. The minimum Gasteiger partial charge on any atom is -0.507 e. The van der Waals surface area contributed by atoms with E-state index in [1.54, 1.807) is 30.3 Å². The molecule has 0 aliphatic rings. The quantitative estimate of drug-likeness (QED) is 0.537. The molecule has 0 atom stereocenters. The number of aromatic hydroxyl groups is 1. The third-order valence-corrected chi connectivity index (χ3v) is 4.62. The normalized spacial score (nSPS) is 8.52. The highest BCUT2D eigenvalue weighted by molar-refractivity contribution is 9.12. The molecule has 0 spiro atoms. The van der Waals surface area contributed by atoms with Gasteiger partial charge in [-0.1, -0.05) is 72.1 Å². The SMILES string of the molecule is BrCCBr.N#Cc1ccccc1O.N#Cc1ccccc1OCCBr. The van der Waals surface area contributed by atoms with Gasteiger partial charge in [-0.25, -0.2) is 0 Å². The van der Waals surface area contributed by atoms with E-state index in [4.69, 9.17) is 20.4 Å². The van der Waals surface area contributed by atoms with Gasteiger partial charge >= 0.3 is 0 Å². The summed E-state index contributed by atoms with van der Waals surface area (Å²) in [6, 6.07) is 17.5. The maximum atomic E-state index is 8.89. The zero-order valence-corrected chi connectivity index (χ0v) is 18.1. The molecule has 0 unspecified atom stereocenters. The Morgan fingerprint density at radius 2 is 1.32 bits per heavy atom. The van der Waals surface area contributed by atoms with E-state index in [1.165, 1.54) is 6.07 Å². The van der Waals surface area contributed by atoms with Crippen LogP contribution in [0.5, 0.6) is 11.5 Å². The molecule has 2 aromatic rings. The lowest BCUT2D eigenvalue weighted by Gasteiger charge is -2.04. The average Bonchev–Trinajstić information content (AvgIpc) is 2.67. The second kappa shape index (κ2) is 16.0. The van der Waals surface area contributed by atoms with Gasteiger partial charge in [0, 0.05) is 16.0 Å². The number of nitrogens with zero attached hydrogens (tertiary/aromatic N) is 2. The van der Waals surface area contributed by atoms with Gasteiger partial charge in [0.15, 0.2) is 0 Å². The molecule has 0 bridgehead atoms. The van der Waals surface area contributed by atoms with Crippen molar-refractivity contribution in [2.24, 2.45) is 0 Å². The minimum absolute atomic E-state index is 0.0417. The number of alkyl halides is 3. The maximum absolute atomic E-state index is 8.89. The number of rotatable bonds is 4. The number of phenols is 1. The monoisotopic (exact) mass is 530 g/mol. The van der Waals surface area contributed by atoms with Gasteiger partial charge in [0.25, 0.3) is 0 Å². The molecule has 0 saturated heterocycles. The number of phenolic OH excluding ortho intramolecular Hbond substituents is 1. The number of para-hydroxylation sites is 2. The van der Waals surface area contributed by atoms with Gasteiger partial charge in [-0.3, -0.25) is 0 Å². The lowest BCUT2D eigenvalue weighted by molar-refractivity contribution is 0.344. The van der Waals surface area contributed by atoms with Crippen molar-refractivity contribution in [3.05, 3.63) is 59.7 Å². The molecule has 0 amide bonds. The van der Waals surface area contributed by atoms with Gasteiger partial charge in [-0.05, 0) is 24.3 Å². The highest BCUT2D eigenvalue weighted by atomic mass is 79.9. The van der Waals surface area contributed by atoms with Gasteiger partial charge in [0.2, 0.25) is 0 Å². The Bertz CT molecular complexity index is 695. The smallest absolute Gasteiger partial charge is 0.137 e. The molecule has 25 heavy (non-hydrogen) atoms. The molecule has 2 rings (SSSR count). The van der Waals surface area contributed by atoms with E-state index in [2.05, 4.69) is 53.9 Å². The molecular formula is C18H17Br3N2O2. The van der Waals surface area contributed by atoms with E-state index >= 15 is 0 Å². The van der Waals surface area contributed by atoms with E-state index < -0.39 is 0 Å². The lowest BCUT2D eigenvalue weighted by atomic mass is 10.2. The van der Waals surface area contributed by atoms with E-state index in [0.29, 0.717) is 23.5 Å². The Balaban J connectivity index is 0.000000391. The van der Waals surface area contributed by atoms with Crippen LogP contribution in [-0.4, -0.2) is 27.7 Å². The summed E-state index contributed by atoms with van der Waals surface area (Å²) in [5.74, 6) is 0.694. The summed E-state index contributed by atoms with van der Waals surface area (Å²) < 4.78 is 5.31. The Kier molecular flexibility index (Phi) is 15.0. The second-order valence-corrected chi connectivity index (χ2v) is 6.53. The van der Waals surface area contributed by atoms with Crippen molar-refractivity contribution in [1.29, 1.82) is 10.5 Å². The largest absolute Gasteiger partial charge is 0.507 e. The first kappa shape index (κ1) is 23.5. The summed E-state index contributed by atoms with van der Waals surface area (Å²) in [6.07, 6.45) is 0. The number of ether oxygens (including phenoxy) is 1. The molecule has 132 valence electrons. The van der Waals surface area contributed by atoms with E-state index in [0.717, 1.165) is 16.0 Å². The van der Waals surface area contributed by atoms with Crippen molar-refractivity contribution in [2.45, 2.75) is 0 Å². The summed E-state index contributed by atoms with van der Waals surface area (Å²) in [7, 11) is 0. The number of hydrogen-bond acceptors (Lipinski definition) is 4. The topological polar surface area (TPSA) is 77.0 Å². The van der Waals surface area contributed by atoms with Crippen LogP contribution in [-0.2, 0) is 0 Å². The molecule has 4 nitrogen and oxygen atoms in total. The van der Waals surface area contributed by atoms with Crippen molar-refractivity contribution in [1.82, 2.24) is 0 Å². The Morgan fingerprint density at radius 3 is 1.76 bits per heavy atom. The number of nitriles is 2. The molecule has 1 N–H and O–H groups in total. The first-order valence-corrected chi connectivity index (χ1v) is 10.5. The highest BCUT2D eigenvalue weighted by Crippen LogP contribution is 2.16. The summed E-state index contributed by atoms with van der Waals surface area (Å²) in [5, 5.41) is 28.7. The molecule has 2 aromatic carbocycles. The van der Waals surface area contributed by atoms with Crippen LogP contribution >= 0.6 is 47.8 Å². The van der Waals surface area contributed by atoms with Gasteiger partial charge in [-0.2, -0.15) is 10.5 Å². The van der Waals surface area contributed by atoms with Gasteiger partial charge in [0.1, 0.15) is 23.6 Å². The fraction of sp³-hybridized carbons (Fsp3) is 0.222. The molecule has 0 fully saturated rings. The lowest BCUT2D eigenvalue weighted by Crippen LogP contribution is -1.99. The number of hydrogen-bond donors (Lipinski definition) is 1. The van der Waals surface area contributed by atoms with Crippen LogP contribution < -0.4 is 4.74 Å². The highest BCUT2D eigenvalue weighted by Gasteiger charge is 1.99. The van der Waals surface area contributed by atoms with Crippen molar-refractivity contribution < 1.29 is 9.84 Å². The Hall–Kier alpha value is -1.54. The molecule has 0 heterocycles. The maximum Gasteiger partial charge on any atom is 0.137 e. The van der Waals surface area contributed by atoms with Crippen LogP contribution in [0.4, 0.5) is 0 Å². The van der Waals surface area contributed by atoms with Gasteiger partial charge in [0.05, 0.1) is 17.7 Å². The molecule has 0 aromatic heterocycles.